The minimum absolute atomic E-state index is 0.0918. The molecule has 2 aromatic carbocycles. The molecule has 1 N–H and O–H groups in total. The number of nitrogens with one attached hydrogen (secondary N) is 1. The van der Waals surface area contributed by atoms with Crippen molar-refractivity contribution < 1.29 is 13.6 Å². The van der Waals surface area contributed by atoms with E-state index in [1.165, 1.54) is 44.6 Å². The van der Waals surface area contributed by atoms with E-state index >= 15 is 0 Å². The van der Waals surface area contributed by atoms with Gasteiger partial charge in [-0.3, -0.25) is 4.79 Å². The largest absolute Gasteiger partial charge is 0.436 e. The summed E-state index contributed by atoms with van der Waals surface area (Å²) in [6.07, 6.45) is 8.44. The van der Waals surface area contributed by atoms with Gasteiger partial charge in [0.15, 0.2) is 5.58 Å². The molecular weight excluding hydrogens is 379 g/mol. The van der Waals surface area contributed by atoms with Gasteiger partial charge in [-0.15, -0.1) is 0 Å². The molecule has 0 atom stereocenters. The van der Waals surface area contributed by atoms with Gasteiger partial charge in [0.1, 0.15) is 11.3 Å². The lowest BCUT2D eigenvalue weighted by molar-refractivity contribution is -0.124. The third-order valence-electron chi connectivity index (χ3n) is 7.48. The van der Waals surface area contributed by atoms with Crippen molar-refractivity contribution in [2.45, 2.75) is 44.9 Å². The van der Waals surface area contributed by atoms with Gasteiger partial charge in [-0.1, -0.05) is 12.1 Å². The number of hydrogen-bond donors (Lipinski definition) is 1. The van der Waals surface area contributed by atoms with Gasteiger partial charge in [-0.05, 0) is 92.0 Å². The van der Waals surface area contributed by atoms with Gasteiger partial charge in [0.25, 0.3) is 0 Å². The van der Waals surface area contributed by atoms with Crippen LogP contribution in [0.3, 0.4) is 0 Å². The summed E-state index contributed by atoms with van der Waals surface area (Å²) in [4.78, 5) is 17.3. The number of carbonyl (C=O) groups excluding carboxylic acids is 1. The molecule has 0 spiro atoms. The minimum atomic E-state index is -0.367. The van der Waals surface area contributed by atoms with Crippen LogP contribution in [-0.2, 0) is 4.79 Å². The van der Waals surface area contributed by atoms with Crippen LogP contribution in [0.5, 0.6) is 0 Å². The maximum atomic E-state index is 14.1. The van der Waals surface area contributed by atoms with Crippen LogP contribution >= 0.6 is 0 Å². The highest BCUT2D eigenvalue weighted by molar-refractivity contribution is 5.93. The number of amides is 1. The molecule has 0 radical (unpaired) electrons. The van der Waals surface area contributed by atoms with Crippen molar-refractivity contribution >= 4 is 22.7 Å². The first-order valence-corrected chi connectivity index (χ1v) is 11.0. The molecule has 4 fully saturated rings. The van der Waals surface area contributed by atoms with E-state index in [-0.39, 0.29) is 23.0 Å². The monoisotopic (exact) mass is 404 g/mol. The van der Waals surface area contributed by atoms with Crippen LogP contribution in [0.2, 0.25) is 0 Å². The number of benzene rings is 2. The van der Waals surface area contributed by atoms with Crippen molar-refractivity contribution in [2.24, 2.45) is 23.2 Å². The third-order valence-corrected chi connectivity index (χ3v) is 7.48. The van der Waals surface area contributed by atoms with Gasteiger partial charge in [-0.2, -0.15) is 0 Å². The fraction of sp³-hybridized carbons (Fsp3) is 0.440. The lowest BCUT2D eigenvalue weighted by atomic mass is 9.49. The number of halogens is 1. The van der Waals surface area contributed by atoms with Crippen molar-refractivity contribution in [3.63, 3.8) is 0 Å². The van der Waals surface area contributed by atoms with E-state index < -0.39 is 0 Å². The molecule has 4 aliphatic rings. The molecule has 0 unspecified atom stereocenters. The Bertz CT molecular complexity index is 1100. The van der Waals surface area contributed by atoms with Gasteiger partial charge in [0, 0.05) is 12.1 Å². The SMILES string of the molecule is O=C(CC12CC3CC(CC(C3)C1)C2)Nc1ccc2oc(-c3ccccc3F)nc2c1. The molecule has 5 heteroatoms. The van der Waals surface area contributed by atoms with Gasteiger partial charge < -0.3 is 9.73 Å². The highest BCUT2D eigenvalue weighted by Crippen LogP contribution is 2.61. The molecule has 3 aromatic rings. The Balaban J connectivity index is 1.20. The number of hydrogen-bond acceptors (Lipinski definition) is 3. The Hall–Kier alpha value is -2.69. The Morgan fingerprint density at radius 2 is 1.77 bits per heavy atom. The average molecular weight is 404 g/mol. The van der Waals surface area contributed by atoms with Crippen molar-refractivity contribution in [2.75, 3.05) is 5.32 Å². The number of fused-ring (bicyclic) bond motifs is 1. The Labute approximate surface area is 174 Å². The molecule has 0 aliphatic heterocycles. The molecule has 30 heavy (non-hydrogen) atoms. The van der Waals surface area contributed by atoms with E-state index in [0.717, 1.165) is 17.8 Å². The maximum Gasteiger partial charge on any atom is 0.230 e. The topological polar surface area (TPSA) is 55.1 Å². The molecule has 4 nitrogen and oxygen atoms in total. The number of aromatic nitrogens is 1. The summed E-state index contributed by atoms with van der Waals surface area (Å²) < 4.78 is 19.8. The Morgan fingerprint density at radius 3 is 2.47 bits per heavy atom. The first-order valence-electron chi connectivity index (χ1n) is 11.0. The van der Waals surface area contributed by atoms with Crippen molar-refractivity contribution in [1.82, 2.24) is 4.98 Å². The van der Waals surface area contributed by atoms with E-state index in [4.69, 9.17) is 4.42 Å². The average Bonchev–Trinajstić information content (AvgIpc) is 3.09. The van der Waals surface area contributed by atoms with Crippen LogP contribution in [0.1, 0.15) is 44.9 Å². The third kappa shape index (κ3) is 3.11. The minimum Gasteiger partial charge on any atom is -0.436 e. The van der Waals surface area contributed by atoms with E-state index in [0.29, 0.717) is 28.8 Å². The van der Waals surface area contributed by atoms with Gasteiger partial charge >= 0.3 is 0 Å². The molecule has 4 bridgehead atoms. The van der Waals surface area contributed by atoms with Crippen molar-refractivity contribution in [3.8, 4) is 11.5 Å². The van der Waals surface area contributed by atoms with E-state index in [1.807, 2.05) is 6.07 Å². The standard InChI is InChI=1S/C25H25FN2O2/c26-20-4-2-1-3-19(20)24-28-21-10-18(5-6-22(21)30-24)27-23(29)14-25-11-15-7-16(12-25)9-17(8-15)13-25/h1-6,10,15-17H,7-9,11-14H2,(H,27,29). The number of carbonyl (C=O) groups is 1. The molecule has 1 heterocycles. The van der Waals surface area contributed by atoms with E-state index in [1.54, 1.807) is 30.3 Å². The molecule has 1 aromatic heterocycles. The second-order valence-electron chi connectivity index (χ2n) is 9.82. The summed E-state index contributed by atoms with van der Waals surface area (Å²) in [6, 6.07) is 11.8. The molecule has 154 valence electrons. The predicted molar refractivity (Wildman–Crippen MR) is 113 cm³/mol. The smallest absolute Gasteiger partial charge is 0.230 e. The molecule has 4 aliphatic carbocycles. The molecular formula is C25H25FN2O2. The van der Waals surface area contributed by atoms with Crippen LogP contribution in [-0.4, -0.2) is 10.9 Å². The number of nitrogens with zero attached hydrogens (tertiary/aromatic N) is 1. The highest BCUT2D eigenvalue weighted by Gasteiger charge is 2.51. The van der Waals surface area contributed by atoms with Gasteiger partial charge in [-0.25, -0.2) is 9.37 Å². The second-order valence-corrected chi connectivity index (χ2v) is 9.82. The summed E-state index contributed by atoms with van der Waals surface area (Å²) in [5.41, 5.74) is 2.45. The molecule has 0 saturated heterocycles. The summed E-state index contributed by atoms with van der Waals surface area (Å²) in [5.74, 6) is 2.49. The predicted octanol–water partition coefficient (Wildman–Crippen LogP) is 6.18. The Kier molecular flexibility index (Phi) is 4.02. The quantitative estimate of drug-likeness (QED) is 0.565. The second kappa shape index (κ2) is 6.66. The van der Waals surface area contributed by atoms with Crippen LogP contribution in [0.25, 0.3) is 22.6 Å². The summed E-state index contributed by atoms with van der Waals surface area (Å²) >= 11 is 0. The molecule has 4 saturated carbocycles. The zero-order valence-electron chi connectivity index (χ0n) is 16.9. The lowest BCUT2D eigenvalue weighted by Gasteiger charge is -2.56. The van der Waals surface area contributed by atoms with Crippen molar-refractivity contribution in [1.29, 1.82) is 0 Å². The number of anilines is 1. The van der Waals surface area contributed by atoms with Crippen LogP contribution < -0.4 is 5.32 Å². The zero-order chi connectivity index (χ0) is 20.3. The fourth-order valence-corrected chi connectivity index (χ4v) is 6.81. The molecule has 7 rings (SSSR count). The summed E-state index contributed by atoms with van der Waals surface area (Å²) in [6.45, 7) is 0. The first-order chi connectivity index (χ1) is 14.6. The van der Waals surface area contributed by atoms with Crippen LogP contribution in [0, 0.1) is 29.0 Å². The number of oxazole rings is 1. The normalized spacial score (nSPS) is 29.4. The lowest BCUT2D eigenvalue weighted by Crippen LogP contribution is -2.47. The maximum absolute atomic E-state index is 14.1. The molecule has 1 amide bonds. The van der Waals surface area contributed by atoms with Gasteiger partial charge in [0.05, 0.1) is 5.56 Å². The summed E-state index contributed by atoms with van der Waals surface area (Å²) in [7, 11) is 0. The fourth-order valence-electron chi connectivity index (χ4n) is 6.81. The zero-order valence-corrected chi connectivity index (χ0v) is 16.9. The first kappa shape index (κ1) is 18.1. The Morgan fingerprint density at radius 1 is 1.07 bits per heavy atom. The number of rotatable bonds is 4. The van der Waals surface area contributed by atoms with Gasteiger partial charge in [0.2, 0.25) is 11.8 Å². The highest BCUT2D eigenvalue weighted by atomic mass is 19.1. The summed E-state index contributed by atoms with van der Waals surface area (Å²) in [5, 5.41) is 3.07. The van der Waals surface area contributed by atoms with Crippen LogP contribution in [0.15, 0.2) is 46.9 Å². The van der Waals surface area contributed by atoms with Crippen LogP contribution in [0.4, 0.5) is 10.1 Å². The van der Waals surface area contributed by atoms with E-state index in [2.05, 4.69) is 10.3 Å². The van der Waals surface area contributed by atoms with E-state index in [9.17, 15) is 9.18 Å². The van der Waals surface area contributed by atoms with Crippen molar-refractivity contribution in [3.05, 3.63) is 48.3 Å².